The van der Waals surface area contributed by atoms with E-state index in [2.05, 4.69) is 5.32 Å². The highest BCUT2D eigenvalue weighted by Crippen LogP contribution is 2.33. The van der Waals surface area contributed by atoms with Crippen molar-refractivity contribution in [1.29, 1.82) is 0 Å². The zero-order chi connectivity index (χ0) is 15.8. The van der Waals surface area contributed by atoms with Gasteiger partial charge in [0.1, 0.15) is 0 Å². The molecule has 0 spiro atoms. The fourth-order valence-electron chi connectivity index (χ4n) is 3.22. The quantitative estimate of drug-likeness (QED) is 0.883. The lowest BCUT2D eigenvalue weighted by molar-refractivity contribution is -0.129. The van der Waals surface area contributed by atoms with Crippen LogP contribution >= 0.6 is 0 Å². The van der Waals surface area contributed by atoms with Crippen LogP contribution in [0.5, 0.6) is 11.5 Å². The lowest BCUT2D eigenvalue weighted by Gasteiger charge is -2.15. The second-order valence-electron chi connectivity index (χ2n) is 6.41. The Balaban J connectivity index is 1.26. The van der Waals surface area contributed by atoms with Gasteiger partial charge in [0.2, 0.25) is 18.6 Å². The zero-order valence-electron chi connectivity index (χ0n) is 12.9. The molecule has 2 heterocycles. The second kappa shape index (κ2) is 5.76. The van der Waals surface area contributed by atoms with E-state index in [1.54, 1.807) is 0 Å². The summed E-state index contributed by atoms with van der Waals surface area (Å²) in [4.78, 5) is 26.0. The van der Waals surface area contributed by atoms with Gasteiger partial charge in [-0.1, -0.05) is 6.07 Å². The number of benzene rings is 1. The zero-order valence-corrected chi connectivity index (χ0v) is 12.9. The SMILES string of the molecule is O=C(NCCc1ccc2c(c1)OCO2)[C@H]1CC(=O)N(C2CC2)C1. The average molecular weight is 316 g/mol. The number of nitrogens with zero attached hydrogens (tertiary/aromatic N) is 1. The van der Waals surface area contributed by atoms with Crippen LogP contribution in [0.3, 0.4) is 0 Å². The Hall–Kier alpha value is -2.24. The van der Waals surface area contributed by atoms with Crippen molar-refractivity contribution in [2.24, 2.45) is 5.92 Å². The summed E-state index contributed by atoms with van der Waals surface area (Å²) in [7, 11) is 0. The van der Waals surface area contributed by atoms with Crippen molar-refractivity contribution < 1.29 is 19.1 Å². The molecule has 0 unspecified atom stereocenters. The monoisotopic (exact) mass is 316 g/mol. The smallest absolute Gasteiger partial charge is 0.231 e. The van der Waals surface area contributed by atoms with E-state index in [4.69, 9.17) is 9.47 Å². The van der Waals surface area contributed by atoms with Crippen LogP contribution in [-0.2, 0) is 16.0 Å². The van der Waals surface area contributed by atoms with Crippen molar-refractivity contribution >= 4 is 11.8 Å². The van der Waals surface area contributed by atoms with Crippen molar-refractivity contribution in [2.45, 2.75) is 31.7 Å². The molecular formula is C17H20N2O4. The van der Waals surface area contributed by atoms with Gasteiger partial charge in [0, 0.05) is 25.6 Å². The third kappa shape index (κ3) is 2.98. The van der Waals surface area contributed by atoms with E-state index in [1.807, 2.05) is 23.1 Å². The van der Waals surface area contributed by atoms with Crippen molar-refractivity contribution in [2.75, 3.05) is 19.9 Å². The predicted octanol–water partition coefficient (Wildman–Crippen LogP) is 1.08. The van der Waals surface area contributed by atoms with Gasteiger partial charge in [-0.15, -0.1) is 0 Å². The minimum absolute atomic E-state index is 0.0118. The van der Waals surface area contributed by atoms with Gasteiger partial charge in [-0.3, -0.25) is 9.59 Å². The van der Waals surface area contributed by atoms with Crippen LogP contribution in [0.25, 0.3) is 0 Å². The van der Waals surface area contributed by atoms with Crippen LogP contribution in [0.2, 0.25) is 0 Å². The van der Waals surface area contributed by atoms with Crippen LogP contribution < -0.4 is 14.8 Å². The van der Waals surface area contributed by atoms with Gasteiger partial charge in [0.05, 0.1) is 5.92 Å². The summed E-state index contributed by atoms with van der Waals surface area (Å²) in [5.41, 5.74) is 1.09. The molecule has 2 fully saturated rings. The highest BCUT2D eigenvalue weighted by atomic mass is 16.7. The lowest BCUT2D eigenvalue weighted by Crippen LogP contribution is -2.34. The Bertz CT molecular complexity index is 641. The molecule has 0 radical (unpaired) electrons. The number of ether oxygens (including phenoxy) is 2. The minimum atomic E-state index is -0.195. The largest absolute Gasteiger partial charge is 0.454 e. The molecule has 2 aliphatic heterocycles. The Morgan fingerprint density at radius 1 is 1.26 bits per heavy atom. The van der Waals surface area contributed by atoms with E-state index < -0.39 is 0 Å². The standard InChI is InChI=1S/C17H20N2O4/c20-16-8-12(9-19(16)13-2-3-13)17(21)18-6-5-11-1-4-14-15(7-11)23-10-22-14/h1,4,7,12-13H,2-3,5-6,8-10H2,(H,18,21)/t12-/m0/s1. The number of hydrogen-bond acceptors (Lipinski definition) is 4. The molecule has 1 saturated carbocycles. The molecule has 1 atom stereocenters. The van der Waals surface area contributed by atoms with Crippen molar-refractivity contribution in [3.8, 4) is 11.5 Å². The molecule has 122 valence electrons. The number of carbonyl (C=O) groups is 2. The number of rotatable bonds is 5. The van der Waals surface area contributed by atoms with E-state index in [-0.39, 0.29) is 24.5 Å². The van der Waals surface area contributed by atoms with Gasteiger partial charge in [-0.2, -0.15) is 0 Å². The molecule has 3 aliphatic rings. The number of likely N-dealkylation sites (tertiary alicyclic amines) is 1. The summed E-state index contributed by atoms with van der Waals surface area (Å²) in [6.45, 7) is 1.41. The molecule has 4 rings (SSSR count). The average Bonchev–Trinajstić information content (AvgIpc) is 3.14. The Morgan fingerprint density at radius 2 is 2.09 bits per heavy atom. The maximum atomic E-state index is 12.2. The fourth-order valence-corrected chi connectivity index (χ4v) is 3.22. The predicted molar refractivity (Wildman–Crippen MR) is 82.1 cm³/mol. The first kappa shape index (κ1) is 14.4. The third-order valence-electron chi connectivity index (χ3n) is 4.67. The van der Waals surface area contributed by atoms with Gasteiger partial charge in [-0.05, 0) is 37.0 Å². The summed E-state index contributed by atoms with van der Waals surface area (Å²) in [6, 6.07) is 6.22. The van der Waals surface area contributed by atoms with E-state index in [0.29, 0.717) is 25.6 Å². The molecule has 0 aromatic heterocycles. The van der Waals surface area contributed by atoms with Gasteiger partial charge in [-0.25, -0.2) is 0 Å². The second-order valence-corrected chi connectivity index (χ2v) is 6.41. The highest BCUT2D eigenvalue weighted by molar-refractivity contribution is 5.89. The van der Waals surface area contributed by atoms with Gasteiger partial charge in [0.25, 0.3) is 0 Å². The molecular weight excluding hydrogens is 296 g/mol. The van der Waals surface area contributed by atoms with Gasteiger partial charge in [0.15, 0.2) is 11.5 Å². The summed E-state index contributed by atoms with van der Waals surface area (Å²) < 4.78 is 10.6. The maximum absolute atomic E-state index is 12.2. The van der Waals surface area contributed by atoms with Crippen LogP contribution in [0.4, 0.5) is 0 Å². The Kier molecular flexibility index (Phi) is 3.59. The summed E-state index contributed by atoms with van der Waals surface area (Å²) in [5.74, 6) is 1.45. The van der Waals surface area contributed by atoms with Gasteiger partial charge >= 0.3 is 0 Å². The molecule has 1 aromatic carbocycles. The summed E-state index contributed by atoms with van der Waals surface area (Å²) >= 11 is 0. The Labute approximate surface area is 134 Å². The van der Waals surface area contributed by atoms with Crippen molar-refractivity contribution in [3.63, 3.8) is 0 Å². The van der Waals surface area contributed by atoms with Crippen LogP contribution in [0.1, 0.15) is 24.8 Å². The number of carbonyl (C=O) groups excluding carboxylic acids is 2. The molecule has 1 aromatic rings. The lowest BCUT2D eigenvalue weighted by atomic mass is 10.1. The molecule has 2 amide bonds. The highest BCUT2D eigenvalue weighted by Gasteiger charge is 2.41. The summed E-state index contributed by atoms with van der Waals surface area (Å²) in [6.07, 6.45) is 3.26. The number of fused-ring (bicyclic) bond motifs is 1. The van der Waals surface area contributed by atoms with E-state index in [1.165, 1.54) is 0 Å². The summed E-state index contributed by atoms with van der Waals surface area (Å²) in [5, 5.41) is 2.95. The first-order chi connectivity index (χ1) is 11.2. The molecule has 1 N–H and O–H groups in total. The normalized spacial score (nSPS) is 22.5. The molecule has 0 bridgehead atoms. The maximum Gasteiger partial charge on any atom is 0.231 e. The first-order valence-electron chi connectivity index (χ1n) is 8.16. The topological polar surface area (TPSA) is 67.9 Å². The number of amides is 2. The van der Waals surface area contributed by atoms with Crippen LogP contribution in [0.15, 0.2) is 18.2 Å². The fraction of sp³-hybridized carbons (Fsp3) is 0.529. The van der Waals surface area contributed by atoms with E-state index in [0.717, 1.165) is 36.3 Å². The van der Waals surface area contributed by atoms with Crippen LogP contribution in [0, 0.1) is 5.92 Å². The molecule has 1 aliphatic carbocycles. The van der Waals surface area contributed by atoms with Crippen LogP contribution in [-0.4, -0.2) is 42.6 Å². The Morgan fingerprint density at radius 3 is 2.91 bits per heavy atom. The molecule has 6 nitrogen and oxygen atoms in total. The number of hydrogen-bond donors (Lipinski definition) is 1. The van der Waals surface area contributed by atoms with Crippen molar-refractivity contribution in [3.05, 3.63) is 23.8 Å². The third-order valence-corrected chi connectivity index (χ3v) is 4.67. The molecule has 6 heteroatoms. The van der Waals surface area contributed by atoms with Crippen molar-refractivity contribution in [1.82, 2.24) is 10.2 Å². The minimum Gasteiger partial charge on any atom is -0.454 e. The first-order valence-corrected chi connectivity index (χ1v) is 8.16. The molecule has 1 saturated heterocycles. The van der Waals surface area contributed by atoms with E-state index >= 15 is 0 Å². The number of nitrogens with one attached hydrogen (secondary N) is 1. The van der Waals surface area contributed by atoms with Gasteiger partial charge < -0.3 is 19.7 Å². The van der Waals surface area contributed by atoms with E-state index in [9.17, 15) is 9.59 Å². The molecule has 23 heavy (non-hydrogen) atoms.